The van der Waals surface area contributed by atoms with Gasteiger partial charge in [-0.3, -0.25) is 19.7 Å². The Morgan fingerprint density at radius 3 is 2.54 bits per heavy atom. The lowest BCUT2D eigenvalue weighted by Gasteiger charge is -2.29. The first-order valence-electron chi connectivity index (χ1n) is 11.5. The number of hydrogen-bond donors (Lipinski definition) is 2. The van der Waals surface area contributed by atoms with Crippen molar-refractivity contribution in [2.45, 2.75) is 31.8 Å². The van der Waals surface area contributed by atoms with Gasteiger partial charge in [-0.2, -0.15) is 0 Å². The van der Waals surface area contributed by atoms with Gasteiger partial charge in [-0.05, 0) is 47.4 Å². The Kier molecular flexibility index (Phi) is 5.35. The summed E-state index contributed by atoms with van der Waals surface area (Å²) >= 11 is 0. The second kappa shape index (κ2) is 8.26. The lowest BCUT2D eigenvalue weighted by molar-refractivity contribution is -0.128. The number of furan rings is 1. The van der Waals surface area contributed by atoms with Crippen molar-refractivity contribution in [1.29, 1.82) is 0 Å². The molecule has 1 atom stereocenters. The van der Waals surface area contributed by atoms with E-state index in [1.807, 2.05) is 31.2 Å². The molecular formula is C26H26N4O5. The largest absolute Gasteiger partial charge is 0.458 e. The van der Waals surface area contributed by atoms with Crippen LogP contribution < -0.4 is 10.6 Å². The Labute approximate surface area is 202 Å². The summed E-state index contributed by atoms with van der Waals surface area (Å²) in [5, 5.41) is 5.69. The molecule has 5 rings (SSSR count). The first-order valence-corrected chi connectivity index (χ1v) is 11.5. The molecule has 1 aromatic heterocycles. The first kappa shape index (κ1) is 22.6. The number of amides is 5. The Balaban J connectivity index is 1.49. The Morgan fingerprint density at radius 1 is 1.09 bits per heavy atom. The molecule has 3 heterocycles. The number of aryl methyl sites for hydroxylation is 1. The van der Waals surface area contributed by atoms with E-state index in [1.165, 1.54) is 4.90 Å². The standard InChI is InChI=1S/C26H26N4O5/c1-4-15-5-7-17-13-30(23(32)19(17)10-15)14-26(24(33)27-25(34)28-26)21-12-18-9-16(6-8-20(18)35-21)11-22(31)29(2)3/h5-10,12H,4,11,13-14H2,1-3H3,(H2,27,28,33,34)/t26-/m0/s1. The fourth-order valence-corrected chi connectivity index (χ4v) is 4.64. The van der Waals surface area contributed by atoms with Gasteiger partial charge in [0.25, 0.3) is 11.8 Å². The molecule has 0 spiro atoms. The highest BCUT2D eigenvalue weighted by atomic mass is 16.3. The molecule has 1 saturated heterocycles. The van der Waals surface area contributed by atoms with E-state index in [0.29, 0.717) is 23.1 Å². The van der Waals surface area contributed by atoms with Gasteiger partial charge < -0.3 is 19.5 Å². The fraction of sp³-hybridized carbons (Fsp3) is 0.308. The van der Waals surface area contributed by atoms with E-state index in [1.54, 1.807) is 37.2 Å². The number of rotatable bonds is 6. The van der Waals surface area contributed by atoms with Crippen LogP contribution in [0.5, 0.6) is 0 Å². The van der Waals surface area contributed by atoms with Crippen molar-refractivity contribution < 1.29 is 23.6 Å². The summed E-state index contributed by atoms with van der Waals surface area (Å²) in [6.45, 7) is 2.28. The molecule has 0 aliphatic carbocycles. The number of likely N-dealkylation sites (N-methyl/N-ethyl adjacent to an activating group) is 1. The van der Waals surface area contributed by atoms with Crippen LogP contribution in [0.3, 0.4) is 0 Å². The SMILES string of the molecule is CCc1ccc2c(c1)C(=O)N(C[C@@]1(c3cc4cc(CC(=O)N(C)C)ccc4o3)NC(=O)NC1=O)C2. The molecule has 3 aromatic rings. The minimum atomic E-state index is -1.57. The molecule has 2 N–H and O–H groups in total. The average molecular weight is 475 g/mol. The van der Waals surface area contributed by atoms with Gasteiger partial charge >= 0.3 is 6.03 Å². The van der Waals surface area contributed by atoms with Gasteiger partial charge in [-0.15, -0.1) is 0 Å². The van der Waals surface area contributed by atoms with Crippen LogP contribution in [0.15, 0.2) is 46.9 Å². The maximum Gasteiger partial charge on any atom is 0.322 e. The number of carbonyl (C=O) groups is 4. The van der Waals surface area contributed by atoms with Crippen LogP contribution in [0.2, 0.25) is 0 Å². The molecule has 0 bridgehead atoms. The number of fused-ring (bicyclic) bond motifs is 2. The Bertz CT molecular complexity index is 1390. The highest BCUT2D eigenvalue weighted by Crippen LogP contribution is 2.34. The van der Waals surface area contributed by atoms with Crippen molar-refractivity contribution in [2.75, 3.05) is 20.6 Å². The normalized spacial score (nSPS) is 19.2. The maximum absolute atomic E-state index is 13.2. The topological polar surface area (TPSA) is 112 Å². The predicted octanol–water partition coefficient (Wildman–Crippen LogP) is 2.32. The van der Waals surface area contributed by atoms with Gasteiger partial charge in [0.1, 0.15) is 11.3 Å². The summed E-state index contributed by atoms with van der Waals surface area (Å²) < 4.78 is 6.03. The van der Waals surface area contributed by atoms with Crippen molar-refractivity contribution >= 4 is 34.7 Å². The molecule has 0 radical (unpaired) electrons. The summed E-state index contributed by atoms with van der Waals surface area (Å²) in [4.78, 5) is 53.7. The summed E-state index contributed by atoms with van der Waals surface area (Å²) in [5.41, 5.74) is 2.30. The van der Waals surface area contributed by atoms with Crippen LogP contribution in [0.4, 0.5) is 4.79 Å². The second-order valence-corrected chi connectivity index (χ2v) is 9.27. The molecular weight excluding hydrogens is 448 g/mol. The third kappa shape index (κ3) is 3.82. The van der Waals surface area contributed by atoms with Crippen molar-refractivity contribution in [3.63, 3.8) is 0 Å². The summed E-state index contributed by atoms with van der Waals surface area (Å²) in [6, 6.07) is 12.2. The molecule has 0 saturated carbocycles. The van der Waals surface area contributed by atoms with E-state index in [-0.39, 0.29) is 30.5 Å². The minimum absolute atomic E-state index is 0.0367. The van der Waals surface area contributed by atoms with E-state index in [2.05, 4.69) is 10.6 Å². The molecule has 2 aromatic carbocycles. The highest BCUT2D eigenvalue weighted by molar-refractivity contribution is 6.08. The summed E-state index contributed by atoms with van der Waals surface area (Å²) in [6.07, 6.45) is 1.04. The van der Waals surface area contributed by atoms with Gasteiger partial charge in [-0.25, -0.2) is 4.79 Å². The van der Waals surface area contributed by atoms with Crippen LogP contribution >= 0.6 is 0 Å². The highest BCUT2D eigenvalue weighted by Gasteiger charge is 2.53. The first-order chi connectivity index (χ1) is 16.7. The Hall–Kier alpha value is -4.14. The third-order valence-electron chi connectivity index (χ3n) is 6.69. The van der Waals surface area contributed by atoms with Crippen LogP contribution in [-0.4, -0.2) is 54.2 Å². The van der Waals surface area contributed by atoms with Crippen LogP contribution in [0, 0.1) is 0 Å². The molecule has 5 amide bonds. The molecule has 2 aliphatic heterocycles. The predicted molar refractivity (Wildman–Crippen MR) is 128 cm³/mol. The van der Waals surface area contributed by atoms with E-state index >= 15 is 0 Å². The number of hydrogen-bond acceptors (Lipinski definition) is 5. The number of nitrogens with one attached hydrogen (secondary N) is 2. The van der Waals surface area contributed by atoms with E-state index in [4.69, 9.17) is 4.42 Å². The van der Waals surface area contributed by atoms with Crippen molar-refractivity contribution in [3.8, 4) is 0 Å². The number of benzene rings is 2. The number of imide groups is 1. The minimum Gasteiger partial charge on any atom is -0.458 e. The maximum atomic E-state index is 13.2. The smallest absolute Gasteiger partial charge is 0.322 e. The molecule has 2 aliphatic rings. The van der Waals surface area contributed by atoms with E-state index in [9.17, 15) is 19.2 Å². The van der Waals surface area contributed by atoms with Crippen molar-refractivity contribution in [2.24, 2.45) is 0 Å². The van der Waals surface area contributed by atoms with Crippen LogP contribution in [-0.2, 0) is 34.5 Å². The van der Waals surface area contributed by atoms with E-state index in [0.717, 1.165) is 23.1 Å². The van der Waals surface area contributed by atoms with Gasteiger partial charge in [0.05, 0.1) is 13.0 Å². The average Bonchev–Trinajstić information content (AvgIpc) is 3.47. The summed E-state index contributed by atoms with van der Waals surface area (Å²) in [7, 11) is 3.39. The monoisotopic (exact) mass is 474 g/mol. The van der Waals surface area contributed by atoms with Gasteiger partial charge in [0.2, 0.25) is 5.91 Å². The molecule has 1 fully saturated rings. The van der Waals surface area contributed by atoms with E-state index < -0.39 is 17.5 Å². The summed E-state index contributed by atoms with van der Waals surface area (Å²) in [5.74, 6) is -0.581. The van der Waals surface area contributed by atoms with Crippen molar-refractivity contribution in [3.05, 3.63) is 70.5 Å². The number of carbonyl (C=O) groups excluding carboxylic acids is 4. The quantitative estimate of drug-likeness (QED) is 0.533. The van der Waals surface area contributed by atoms with Crippen LogP contribution in [0.1, 0.15) is 39.7 Å². The molecule has 9 nitrogen and oxygen atoms in total. The lowest BCUT2D eigenvalue weighted by atomic mass is 9.95. The fourth-order valence-electron chi connectivity index (χ4n) is 4.64. The molecule has 35 heavy (non-hydrogen) atoms. The van der Waals surface area contributed by atoms with Gasteiger partial charge in [-0.1, -0.05) is 25.1 Å². The number of urea groups is 1. The molecule has 180 valence electrons. The van der Waals surface area contributed by atoms with Gasteiger partial charge in [0, 0.05) is 31.6 Å². The van der Waals surface area contributed by atoms with Gasteiger partial charge in [0.15, 0.2) is 5.54 Å². The zero-order valence-corrected chi connectivity index (χ0v) is 19.8. The Morgan fingerprint density at radius 2 is 1.86 bits per heavy atom. The second-order valence-electron chi connectivity index (χ2n) is 9.27. The molecule has 0 unspecified atom stereocenters. The lowest BCUT2D eigenvalue weighted by Crippen LogP contribution is -2.52. The number of nitrogens with zero attached hydrogens (tertiary/aromatic N) is 2. The van der Waals surface area contributed by atoms with Crippen molar-refractivity contribution in [1.82, 2.24) is 20.4 Å². The third-order valence-corrected chi connectivity index (χ3v) is 6.69. The van der Waals surface area contributed by atoms with Crippen LogP contribution in [0.25, 0.3) is 11.0 Å². The zero-order valence-electron chi connectivity index (χ0n) is 19.8. The zero-order chi connectivity index (χ0) is 24.9. The molecule has 9 heteroatoms.